The van der Waals surface area contributed by atoms with Gasteiger partial charge >= 0.3 is 5.97 Å². The molecule has 172 valence electrons. The second-order valence-electron chi connectivity index (χ2n) is 7.46. The van der Waals surface area contributed by atoms with E-state index in [-0.39, 0.29) is 23.4 Å². The van der Waals surface area contributed by atoms with E-state index in [1.54, 1.807) is 12.1 Å². The highest BCUT2D eigenvalue weighted by Crippen LogP contribution is 2.22. The normalized spacial score (nSPS) is 14.7. The molecule has 0 aromatic heterocycles. The second-order valence-corrected chi connectivity index (χ2v) is 9.40. The summed E-state index contributed by atoms with van der Waals surface area (Å²) in [4.78, 5) is 24.0. The zero-order valence-electron chi connectivity index (χ0n) is 17.6. The van der Waals surface area contributed by atoms with E-state index < -0.39 is 39.1 Å². The third-order valence-electron chi connectivity index (χ3n) is 5.25. The van der Waals surface area contributed by atoms with E-state index in [0.717, 1.165) is 38.0 Å². The molecule has 32 heavy (non-hydrogen) atoms. The van der Waals surface area contributed by atoms with Gasteiger partial charge in [-0.1, -0.05) is 18.6 Å². The Hall–Kier alpha value is -2.85. The smallest absolute Gasteiger partial charge is 0.340 e. The van der Waals surface area contributed by atoms with E-state index in [4.69, 9.17) is 0 Å². The quantitative estimate of drug-likeness (QED) is 0.631. The lowest BCUT2D eigenvalue weighted by atomic mass is 10.1. The number of piperidine rings is 1. The number of benzene rings is 2. The number of carbonyl (C=O) groups excluding carboxylic acids is 2. The van der Waals surface area contributed by atoms with Crippen molar-refractivity contribution in [2.75, 3.05) is 25.5 Å². The first-order valence-electron chi connectivity index (χ1n) is 10.2. The van der Waals surface area contributed by atoms with E-state index in [0.29, 0.717) is 19.2 Å². The van der Waals surface area contributed by atoms with E-state index in [1.165, 1.54) is 16.4 Å². The molecule has 1 aliphatic rings. The van der Waals surface area contributed by atoms with Crippen molar-refractivity contribution >= 4 is 27.6 Å². The fraction of sp³-hybridized carbons (Fsp3) is 0.364. The minimum atomic E-state index is -3.53. The average molecular weight is 467 g/mol. The zero-order valence-corrected chi connectivity index (χ0v) is 18.4. The Morgan fingerprint density at radius 2 is 1.69 bits per heavy atom. The van der Waals surface area contributed by atoms with Gasteiger partial charge in [-0.15, -0.1) is 0 Å². The Morgan fingerprint density at radius 1 is 1.03 bits per heavy atom. The van der Waals surface area contributed by atoms with Crippen LogP contribution in [0.15, 0.2) is 41.3 Å². The van der Waals surface area contributed by atoms with Crippen LogP contribution >= 0.6 is 0 Å². The molecule has 0 bridgehead atoms. The van der Waals surface area contributed by atoms with Gasteiger partial charge in [0.1, 0.15) is 11.6 Å². The number of hydrogen-bond acceptors (Lipinski definition) is 5. The number of carbonyl (C=O) groups is 2. The number of sulfonamides is 1. The van der Waals surface area contributed by atoms with Crippen molar-refractivity contribution < 1.29 is 31.5 Å². The van der Waals surface area contributed by atoms with Crippen LogP contribution in [-0.4, -0.2) is 44.8 Å². The molecule has 1 aliphatic heterocycles. The lowest BCUT2D eigenvalue weighted by molar-refractivity contribution is -0.116. The van der Waals surface area contributed by atoms with E-state index >= 15 is 0 Å². The van der Waals surface area contributed by atoms with E-state index in [9.17, 15) is 26.8 Å². The standard InChI is InChI=1S/C22H24F2N2O5S/c1-31-22(28)17-13-20(19(24)14-18(17)23)25-21(27)10-7-15-5-8-16(9-6-15)32(29,30)26-11-3-2-4-12-26/h5-6,8-9,13-14H,2-4,7,10-12H2,1H3,(H,25,27). The third-order valence-corrected chi connectivity index (χ3v) is 7.17. The Balaban J connectivity index is 1.61. The molecule has 1 saturated heterocycles. The van der Waals surface area contributed by atoms with Gasteiger partial charge in [-0.3, -0.25) is 4.79 Å². The predicted octanol–water partition coefficient (Wildman–Crippen LogP) is 3.50. The maximum atomic E-state index is 14.0. The summed E-state index contributed by atoms with van der Waals surface area (Å²) < 4.78 is 59.0. The van der Waals surface area contributed by atoms with Crippen molar-refractivity contribution in [3.8, 4) is 0 Å². The molecule has 0 unspecified atom stereocenters. The molecule has 2 aromatic rings. The van der Waals surface area contributed by atoms with Gasteiger partial charge in [0.15, 0.2) is 0 Å². The number of ether oxygens (including phenoxy) is 1. The molecular weight excluding hydrogens is 442 g/mol. The van der Waals surface area contributed by atoms with Crippen molar-refractivity contribution in [1.82, 2.24) is 4.31 Å². The fourth-order valence-electron chi connectivity index (χ4n) is 3.46. The molecule has 2 aromatic carbocycles. The molecule has 1 amide bonds. The molecule has 0 aliphatic carbocycles. The monoisotopic (exact) mass is 466 g/mol. The molecule has 1 fully saturated rings. The summed E-state index contributed by atoms with van der Waals surface area (Å²) in [6, 6.07) is 7.69. The Kier molecular flexibility index (Phi) is 7.57. The molecular formula is C22H24F2N2O5S. The van der Waals surface area contributed by atoms with Gasteiger partial charge in [-0.2, -0.15) is 4.31 Å². The van der Waals surface area contributed by atoms with Crippen LogP contribution < -0.4 is 5.32 Å². The van der Waals surface area contributed by atoms with Crippen molar-refractivity contribution in [1.29, 1.82) is 0 Å². The van der Waals surface area contributed by atoms with Crippen LogP contribution in [0.4, 0.5) is 14.5 Å². The number of nitrogens with one attached hydrogen (secondary N) is 1. The number of methoxy groups -OCH3 is 1. The summed E-state index contributed by atoms with van der Waals surface area (Å²) in [5.41, 5.74) is -0.0953. The average Bonchev–Trinajstić information content (AvgIpc) is 2.80. The number of anilines is 1. The molecule has 0 radical (unpaired) electrons. The number of amides is 1. The number of halogens is 2. The highest BCUT2D eigenvalue weighted by molar-refractivity contribution is 7.89. The van der Waals surface area contributed by atoms with E-state index in [1.807, 2.05) is 0 Å². The summed E-state index contributed by atoms with van der Waals surface area (Å²) in [7, 11) is -2.47. The molecule has 10 heteroatoms. The summed E-state index contributed by atoms with van der Waals surface area (Å²) >= 11 is 0. The van der Waals surface area contributed by atoms with Crippen LogP contribution in [-0.2, 0) is 26.0 Å². The lowest BCUT2D eigenvalue weighted by Crippen LogP contribution is -2.35. The molecule has 0 saturated carbocycles. The highest BCUT2D eigenvalue weighted by atomic mass is 32.2. The first kappa shape index (κ1) is 23.8. The predicted molar refractivity (Wildman–Crippen MR) is 114 cm³/mol. The van der Waals surface area contributed by atoms with Gasteiger partial charge in [0.25, 0.3) is 0 Å². The van der Waals surface area contributed by atoms with Crippen LogP contribution in [0.1, 0.15) is 41.6 Å². The van der Waals surface area contributed by atoms with Gasteiger partial charge in [0.05, 0.1) is 23.3 Å². The minimum absolute atomic E-state index is 0.0252. The first-order chi connectivity index (χ1) is 15.2. The maximum Gasteiger partial charge on any atom is 0.340 e. The largest absolute Gasteiger partial charge is 0.465 e. The van der Waals surface area contributed by atoms with Crippen LogP contribution in [0.2, 0.25) is 0 Å². The molecule has 7 nitrogen and oxygen atoms in total. The number of aryl methyl sites for hydroxylation is 1. The molecule has 1 heterocycles. The topological polar surface area (TPSA) is 92.8 Å². The summed E-state index contributed by atoms with van der Waals surface area (Å²) in [6.45, 7) is 1.03. The van der Waals surface area contributed by atoms with Crippen molar-refractivity contribution in [2.24, 2.45) is 0 Å². The van der Waals surface area contributed by atoms with Gasteiger partial charge in [-0.05, 0) is 43.0 Å². The zero-order chi connectivity index (χ0) is 23.3. The van der Waals surface area contributed by atoms with Gasteiger partial charge in [-0.25, -0.2) is 22.0 Å². The Bertz CT molecular complexity index is 1100. The van der Waals surface area contributed by atoms with Crippen LogP contribution in [0, 0.1) is 11.6 Å². The Morgan fingerprint density at radius 3 is 2.31 bits per heavy atom. The van der Waals surface area contributed by atoms with Gasteiger partial charge in [0, 0.05) is 25.6 Å². The Labute approximate surface area is 185 Å². The second kappa shape index (κ2) is 10.2. The lowest BCUT2D eigenvalue weighted by Gasteiger charge is -2.25. The summed E-state index contributed by atoms with van der Waals surface area (Å²) in [5, 5.41) is 2.31. The van der Waals surface area contributed by atoms with Crippen LogP contribution in [0.5, 0.6) is 0 Å². The molecule has 0 spiro atoms. The molecule has 3 rings (SSSR count). The highest BCUT2D eigenvalue weighted by Gasteiger charge is 2.25. The van der Waals surface area contributed by atoms with Gasteiger partial charge < -0.3 is 10.1 Å². The minimum Gasteiger partial charge on any atom is -0.465 e. The van der Waals surface area contributed by atoms with Gasteiger partial charge in [0.2, 0.25) is 15.9 Å². The SMILES string of the molecule is COC(=O)c1cc(NC(=O)CCc2ccc(S(=O)(=O)N3CCCCC3)cc2)c(F)cc1F. The first-order valence-corrected chi connectivity index (χ1v) is 11.6. The van der Waals surface area contributed by atoms with Crippen molar-refractivity contribution in [3.05, 3.63) is 59.2 Å². The number of hydrogen-bond donors (Lipinski definition) is 1. The number of esters is 1. The molecule has 0 atom stereocenters. The number of rotatable bonds is 7. The van der Waals surface area contributed by atoms with E-state index in [2.05, 4.69) is 10.1 Å². The fourth-order valence-corrected chi connectivity index (χ4v) is 4.98. The van der Waals surface area contributed by atoms with Crippen LogP contribution in [0.25, 0.3) is 0 Å². The van der Waals surface area contributed by atoms with Crippen molar-refractivity contribution in [2.45, 2.75) is 37.0 Å². The third kappa shape index (κ3) is 5.49. The van der Waals surface area contributed by atoms with Crippen molar-refractivity contribution in [3.63, 3.8) is 0 Å². The molecule has 1 N–H and O–H groups in total. The van der Waals surface area contributed by atoms with Crippen LogP contribution in [0.3, 0.4) is 0 Å². The number of nitrogens with zero attached hydrogens (tertiary/aromatic N) is 1. The summed E-state index contributed by atoms with van der Waals surface area (Å²) in [5.74, 6) is -3.64. The maximum absolute atomic E-state index is 14.0. The summed E-state index contributed by atoms with van der Waals surface area (Å²) in [6.07, 6.45) is 2.98.